The second kappa shape index (κ2) is 9.14. The summed E-state index contributed by atoms with van der Waals surface area (Å²) in [5.41, 5.74) is 2.70. The van der Waals surface area contributed by atoms with Crippen LogP contribution in [0.5, 0.6) is 0 Å². The van der Waals surface area contributed by atoms with Crippen LogP contribution in [-0.2, 0) is 14.7 Å². The number of benzene rings is 2. The van der Waals surface area contributed by atoms with E-state index >= 15 is 0 Å². The first-order chi connectivity index (χ1) is 12.3. The van der Waals surface area contributed by atoms with Crippen LogP contribution >= 0.6 is 11.6 Å². The predicted octanol–water partition coefficient (Wildman–Crippen LogP) is 2.84. The van der Waals surface area contributed by atoms with Crippen molar-refractivity contribution in [2.24, 2.45) is 5.16 Å². The van der Waals surface area contributed by atoms with Gasteiger partial charge in [-0.15, -0.1) is 0 Å². The third-order valence-electron chi connectivity index (χ3n) is 4.00. The van der Waals surface area contributed by atoms with Gasteiger partial charge < -0.3 is 4.90 Å². The maximum atomic E-state index is 13.0. The van der Waals surface area contributed by atoms with Gasteiger partial charge in [-0.25, -0.2) is 4.28 Å². The number of hydrogen-bond donors (Lipinski definition) is 1. The smallest absolute Gasteiger partial charge is 0.307 e. The Hall–Kier alpha value is -0.784. The molecule has 0 atom stereocenters. The average molecular weight is 434 g/mol. The summed E-state index contributed by atoms with van der Waals surface area (Å²) in [4.78, 5) is 14.6. The van der Waals surface area contributed by atoms with Crippen LogP contribution in [0.15, 0.2) is 47.6 Å². The van der Waals surface area contributed by atoms with Crippen LogP contribution in [0.25, 0.3) is 0 Å². The van der Waals surface area contributed by atoms with Crippen LogP contribution in [0.2, 0.25) is 5.02 Å². The van der Waals surface area contributed by atoms with E-state index in [0.29, 0.717) is 27.5 Å². The van der Waals surface area contributed by atoms with E-state index in [9.17, 15) is 13.2 Å². The van der Waals surface area contributed by atoms with Crippen molar-refractivity contribution in [2.75, 3.05) is 11.4 Å². The second-order valence-electron chi connectivity index (χ2n) is 5.72. The first-order valence-corrected chi connectivity index (χ1v) is 9.41. The molecule has 1 amide bonds. The van der Waals surface area contributed by atoms with Crippen molar-refractivity contribution in [2.45, 2.75) is 13.3 Å². The number of anilines is 1. The fraction of sp³-hybridized carbons (Fsp3) is 0.176. The second-order valence-corrected chi connectivity index (χ2v) is 7.16. The van der Waals surface area contributed by atoms with Gasteiger partial charge in [-0.3, -0.25) is 9.35 Å². The summed E-state index contributed by atoms with van der Waals surface area (Å²) in [6.07, 6.45) is 0.252. The number of aryl methyl sites for hydroxylation is 1. The van der Waals surface area contributed by atoms with Gasteiger partial charge in [0.25, 0.3) is 5.91 Å². The topological polar surface area (TPSA) is 96.3 Å². The van der Waals surface area contributed by atoms with Gasteiger partial charge in [-0.1, -0.05) is 35.0 Å². The van der Waals surface area contributed by atoms with Gasteiger partial charge in [-0.05, 0) is 36.8 Å². The number of fused-ring (bicyclic) bond motifs is 1. The largest absolute Gasteiger partial charge is 0.466 e. The maximum Gasteiger partial charge on any atom is 0.466 e. The molecular weight excluding hydrogens is 419 g/mol. The number of halogens is 1. The first-order valence-electron chi connectivity index (χ1n) is 7.66. The summed E-state index contributed by atoms with van der Waals surface area (Å²) in [5.74, 6) is -0.193. The van der Waals surface area contributed by atoms with E-state index in [0.717, 1.165) is 5.56 Å². The molecular formula is C17H15ClKN2O5S. The summed E-state index contributed by atoms with van der Waals surface area (Å²) >= 11 is 6.08. The zero-order valence-corrected chi connectivity index (χ0v) is 19.4. The molecule has 0 saturated carbocycles. The van der Waals surface area contributed by atoms with Gasteiger partial charge in [0.15, 0.2) is 0 Å². The molecule has 0 aromatic heterocycles. The Morgan fingerprint density at radius 3 is 2.63 bits per heavy atom. The number of carbonyl (C=O) groups is 1. The molecule has 1 aliphatic rings. The molecule has 0 spiro atoms. The normalized spacial score (nSPS) is 15.1. The summed E-state index contributed by atoms with van der Waals surface area (Å²) in [6.45, 7) is 2.11. The third kappa shape index (κ3) is 5.39. The Labute approximate surface area is 204 Å². The summed E-state index contributed by atoms with van der Waals surface area (Å²) in [7, 11) is -4.71. The summed E-state index contributed by atoms with van der Waals surface area (Å²) in [5, 5.41) is 3.93. The molecule has 1 radical (unpaired) electrons. The predicted molar refractivity (Wildman–Crippen MR) is 104 cm³/mol. The first kappa shape index (κ1) is 22.5. The minimum atomic E-state index is -4.71. The van der Waals surface area contributed by atoms with Crippen LogP contribution in [-0.4, -0.2) is 82.5 Å². The minimum Gasteiger partial charge on any atom is -0.307 e. The van der Waals surface area contributed by atoms with Crippen molar-refractivity contribution in [1.29, 1.82) is 0 Å². The molecule has 10 heteroatoms. The van der Waals surface area contributed by atoms with Crippen LogP contribution in [0.3, 0.4) is 0 Å². The average Bonchev–Trinajstić information content (AvgIpc) is 2.58. The van der Waals surface area contributed by atoms with E-state index in [-0.39, 0.29) is 70.3 Å². The Balaban J connectivity index is 0.00000261. The number of nitrogens with zero attached hydrogens (tertiary/aromatic N) is 2. The fourth-order valence-corrected chi connectivity index (χ4v) is 3.15. The van der Waals surface area contributed by atoms with Gasteiger partial charge in [0.2, 0.25) is 0 Å². The number of hydrogen-bond acceptors (Lipinski definition) is 5. The molecule has 0 saturated heterocycles. The molecule has 0 bridgehead atoms. The molecule has 0 aliphatic carbocycles. The molecule has 1 heterocycles. The van der Waals surface area contributed by atoms with Crippen LogP contribution in [0, 0.1) is 6.92 Å². The van der Waals surface area contributed by atoms with Crippen molar-refractivity contribution in [1.82, 2.24) is 0 Å². The van der Waals surface area contributed by atoms with E-state index in [1.165, 1.54) is 0 Å². The van der Waals surface area contributed by atoms with Crippen molar-refractivity contribution < 1.29 is 22.0 Å². The number of rotatable bonds is 3. The number of amides is 1. The number of carbonyl (C=O) groups excluding carboxylic acids is 1. The van der Waals surface area contributed by atoms with E-state index in [2.05, 4.69) is 9.44 Å². The van der Waals surface area contributed by atoms with Gasteiger partial charge in [-0.2, -0.15) is 8.42 Å². The van der Waals surface area contributed by atoms with Crippen molar-refractivity contribution >= 4 is 90.7 Å². The Morgan fingerprint density at radius 1 is 1.26 bits per heavy atom. The van der Waals surface area contributed by atoms with Gasteiger partial charge >= 0.3 is 10.4 Å². The Kier molecular flexibility index (Phi) is 7.62. The van der Waals surface area contributed by atoms with Crippen LogP contribution in [0.4, 0.5) is 5.69 Å². The molecule has 2 aromatic rings. The molecule has 3 rings (SSSR count). The number of oxime groups is 1. The van der Waals surface area contributed by atoms with E-state index < -0.39 is 10.4 Å². The van der Waals surface area contributed by atoms with Gasteiger partial charge in [0.05, 0.1) is 11.4 Å². The van der Waals surface area contributed by atoms with E-state index in [1.54, 1.807) is 35.2 Å². The quantitative estimate of drug-likeness (QED) is 0.456. The third-order valence-corrected chi connectivity index (χ3v) is 4.49. The Bertz CT molecular complexity index is 1010. The SMILES string of the molecule is Cc1ccccc1C(=O)N1CCC(=NOS(=O)(=O)O)c2ccc(Cl)cc21.[K]. The zero-order valence-electron chi connectivity index (χ0n) is 14.7. The molecule has 7 nitrogen and oxygen atoms in total. The van der Waals surface area contributed by atoms with Crippen molar-refractivity contribution in [3.05, 3.63) is 64.2 Å². The molecule has 1 aliphatic heterocycles. The van der Waals surface area contributed by atoms with Crippen molar-refractivity contribution in [3.8, 4) is 0 Å². The summed E-state index contributed by atoms with van der Waals surface area (Å²) < 4.78 is 34.4. The van der Waals surface area contributed by atoms with Crippen LogP contribution < -0.4 is 4.90 Å². The molecule has 137 valence electrons. The zero-order chi connectivity index (χ0) is 18.9. The van der Waals surface area contributed by atoms with Crippen molar-refractivity contribution in [3.63, 3.8) is 0 Å². The van der Waals surface area contributed by atoms with E-state index in [1.807, 2.05) is 19.1 Å². The maximum absolute atomic E-state index is 13.0. The van der Waals surface area contributed by atoms with E-state index in [4.69, 9.17) is 16.2 Å². The molecule has 1 N–H and O–H groups in total. The monoisotopic (exact) mass is 433 g/mol. The molecule has 0 unspecified atom stereocenters. The summed E-state index contributed by atoms with van der Waals surface area (Å²) in [6, 6.07) is 12.1. The fourth-order valence-electron chi connectivity index (χ4n) is 2.80. The van der Waals surface area contributed by atoms with Gasteiger partial charge in [0, 0.05) is 80.5 Å². The Morgan fingerprint density at radius 2 is 1.96 bits per heavy atom. The minimum absolute atomic E-state index is 0. The molecule has 0 fully saturated rings. The molecule has 2 aromatic carbocycles. The van der Waals surface area contributed by atoms with Crippen LogP contribution in [0.1, 0.15) is 27.9 Å². The standard InChI is InChI=1S/C17H15ClN2O5S.K/c1-11-4-2-3-5-13(11)17(21)20-9-8-15(19-25-26(22,23)24)14-7-6-12(18)10-16(14)20;/h2-7,10H,8-9H2,1H3,(H,22,23,24);. The molecule has 27 heavy (non-hydrogen) atoms. The van der Waals surface area contributed by atoms with Gasteiger partial charge in [0.1, 0.15) is 0 Å².